The number of anilines is 1. The number of hydrogen-bond donors (Lipinski definition) is 0. The van der Waals surface area contributed by atoms with E-state index in [1.54, 1.807) is 41.5 Å². The topological polar surface area (TPSA) is 70.1 Å². The molecule has 2 aromatic carbocycles. The normalized spacial score (nSPS) is 10.8. The van der Waals surface area contributed by atoms with Crippen molar-refractivity contribution >= 4 is 44.2 Å². The largest absolute Gasteiger partial charge is 0.467 e. The van der Waals surface area contributed by atoms with Crippen molar-refractivity contribution in [3.05, 3.63) is 82.3 Å². The Balaban J connectivity index is 1.79. The van der Waals surface area contributed by atoms with Crippen molar-refractivity contribution in [2.24, 2.45) is 0 Å². The number of halogens is 1. The number of carbonyl (C=O) groups excluding carboxylic acids is 1. The Labute approximate surface area is 170 Å². The fraction of sp³-hybridized carbons (Fsp3) is 0.0952. The number of fused-ring (bicyclic) bond motifs is 1. The van der Waals surface area contributed by atoms with Gasteiger partial charge in [0, 0.05) is 5.56 Å². The molecule has 138 valence electrons. The number of thiazole rings is 1. The zero-order chi connectivity index (χ0) is 19.7. The molecule has 5 nitrogen and oxygen atoms in total. The average Bonchev–Trinajstić information content (AvgIpc) is 3.39. The van der Waals surface area contributed by atoms with Crippen molar-refractivity contribution in [2.45, 2.75) is 13.5 Å². The van der Waals surface area contributed by atoms with E-state index in [4.69, 9.17) is 21.3 Å². The molecule has 0 fully saturated rings. The predicted molar refractivity (Wildman–Crippen MR) is 110 cm³/mol. The lowest BCUT2D eigenvalue weighted by Gasteiger charge is -2.18. The summed E-state index contributed by atoms with van der Waals surface area (Å²) in [5.74, 6) is 0.415. The molecule has 0 radical (unpaired) electrons. The van der Waals surface area contributed by atoms with Crippen LogP contribution in [-0.2, 0) is 6.54 Å². The van der Waals surface area contributed by atoms with Crippen LogP contribution in [0.15, 0.2) is 59.2 Å². The second-order valence-corrected chi connectivity index (χ2v) is 7.58. The Morgan fingerprint density at radius 3 is 2.68 bits per heavy atom. The van der Waals surface area contributed by atoms with Crippen LogP contribution in [0.25, 0.3) is 10.2 Å². The van der Waals surface area contributed by atoms with Crippen LogP contribution in [0.5, 0.6) is 0 Å². The smallest absolute Gasteiger partial charge is 0.260 e. The molecule has 0 aliphatic heterocycles. The quantitative estimate of drug-likeness (QED) is 0.443. The molecular weight excluding hydrogens is 394 g/mol. The van der Waals surface area contributed by atoms with Crippen LogP contribution in [-0.4, -0.2) is 10.9 Å². The molecule has 0 aliphatic carbocycles. The highest BCUT2D eigenvalue weighted by Crippen LogP contribution is 2.36. The first-order valence-corrected chi connectivity index (χ1v) is 9.66. The van der Waals surface area contributed by atoms with Crippen molar-refractivity contribution < 1.29 is 9.21 Å². The molecule has 2 aromatic heterocycles. The van der Waals surface area contributed by atoms with E-state index >= 15 is 0 Å². The lowest BCUT2D eigenvalue weighted by Crippen LogP contribution is -2.30. The predicted octanol–water partition coefficient (Wildman–Crippen LogP) is 5.57. The van der Waals surface area contributed by atoms with Gasteiger partial charge in [0.2, 0.25) is 0 Å². The third-order valence-corrected chi connectivity index (χ3v) is 5.86. The van der Waals surface area contributed by atoms with Crippen molar-refractivity contribution in [3.63, 3.8) is 0 Å². The van der Waals surface area contributed by atoms with Crippen LogP contribution < -0.4 is 4.90 Å². The summed E-state index contributed by atoms with van der Waals surface area (Å²) in [5, 5.41) is 10.1. The van der Waals surface area contributed by atoms with E-state index in [-0.39, 0.29) is 12.5 Å². The summed E-state index contributed by atoms with van der Waals surface area (Å²) in [6, 6.07) is 15.9. The van der Waals surface area contributed by atoms with E-state index in [2.05, 4.69) is 11.1 Å². The monoisotopic (exact) mass is 407 g/mol. The van der Waals surface area contributed by atoms with Gasteiger partial charge in [0.1, 0.15) is 5.76 Å². The minimum absolute atomic E-state index is 0.228. The number of aryl methyl sites for hydroxylation is 1. The van der Waals surface area contributed by atoms with Gasteiger partial charge in [-0.25, -0.2) is 4.98 Å². The second-order valence-electron chi connectivity index (χ2n) is 6.20. The van der Waals surface area contributed by atoms with Crippen LogP contribution in [0, 0.1) is 18.3 Å². The third-order valence-electron chi connectivity index (χ3n) is 4.32. The van der Waals surface area contributed by atoms with Gasteiger partial charge in [0.15, 0.2) is 5.13 Å². The van der Waals surface area contributed by atoms with E-state index < -0.39 is 0 Å². The number of rotatable bonds is 4. The van der Waals surface area contributed by atoms with Crippen molar-refractivity contribution in [1.82, 2.24) is 4.98 Å². The number of furan rings is 1. The number of hydrogen-bond acceptors (Lipinski definition) is 5. The Morgan fingerprint density at radius 2 is 2.04 bits per heavy atom. The molecule has 0 saturated carbocycles. The van der Waals surface area contributed by atoms with Gasteiger partial charge in [-0.15, -0.1) is 0 Å². The van der Waals surface area contributed by atoms with Gasteiger partial charge in [0.05, 0.1) is 39.7 Å². The lowest BCUT2D eigenvalue weighted by atomic mass is 10.1. The number of carbonyl (C=O) groups is 1. The Bertz CT molecular complexity index is 1150. The van der Waals surface area contributed by atoms with E-state index in [1.807, 2.05) is 25.1 Å². The van der Waals surface area contributed by atoms with Crippen LogP contribution in [0.2, 0.25) is 5.02 Å². The maximum atomic E-state index is 13.3. The first-order chi connectivity index (χ1) is 13.6. The highest BCUT2D eigenvalue weighted by atomic mass is 35.5. The molecule has 0 atom stereocenters. The van der Waals surface area contributed by atoms with Gasteiger partial charge in [-0.05, 0) is 55.0 Å². The molecule has 4 aromatic rings. The molecule has 1 amide bonds. The molecule has 0 spiro atoms. The van der Waals surface area contributed by atoms with Crippen molar-refractivity contribution in [1.29, 1.82) is 5.26 Å². The first-order valence-electron chi connectivity index (χ1n) is 8.47. The zero-order valence-corrected chi connectivity index (χ0v) is 16.4. The van der Waals surface area contributed by atoms with Crippen molar-refractivity contribution in [3.8, 4) is 6.07 Å². The van der Waals surface area contributed by atoms with Crippen LogP contribution in [0.4, 0.5) is 5.13 Å². The summed E-state index contributed by atoms with van der Waals surface area (Å²) in [6.45, 7) is 2.20. The molecule has 0 N–H and O–H groups in total. The van der Waals surface area contributed by atoms with Crippen LogP contribution in [0.3, 0.4) is 0 Å². The molecular formula is C21H14ClN3O2S. The van der Waals surface area contributed by atoms with Crippen LogP contribution >= 0.6 is 22.9 Å². The Kier molecular flexibility index (Phi) is 4.86. The SMILES string of the molecule is Cc1ccc(Cl)c2sc(N(Cc3ccco3)C(=O)c3ccc(C#N)cc3)nc12. The van der Waals surface area contributed by atoms with Gasteiger partial charge in [0.25, 0.3) is 5.91 Å². The summed E-state index contributed by atoms with van der Waals surface area (Å²) in [5.41, 5.74) is 2.74. The number of aromatic nitrogens is 1. The Morgan fingerprint density at radius 1 is 1.25 bits per heavy atom. The highest BCUT2D eigenvalue weighted by molar-refractivity contribution is 7.23. The molecule has 2 heterocycles. The zero-order valence-electron chi connectivity index (χ0n) is 14.8. The molecule has 7 heteroatoms. The Hall–Kier alpha value is -3.14. The van der Waals surface area contributed by atoms with E-state index in [0.29, 0.717) is 27.0 Å². The second kappa shape index (κ2) is 7.47. The first kappa shape index (κ1) is 18.2. The molecule has 0 aliphatic rings. The molecule has 0 saturated heterocycles. The van der Waals surface area contributed by atoms with E-state index in [0.717, 1.165) is 15.8 Å². The summed E-state index contributed by atoms with van der Waals surface area (Å²) in [7, 11) is 0. The molecule has 0 unspecified atom stereocenters. The average molecular weight is 408 g/mol. The van der Waals surface area contributed by atoms with Gasteiger partial charge < -0.3 is 4.42 Å². The highest BCUT2D eigenvalue weighted by Gasteiger charge is 2.23. The molecule has 28 heavy (non-hydrogen) atoms. The minimum Gasteiger partial charge on any atom is -0.467 e. The lowest BCUT2D eigenvalue weighted by molar-refractivity contribution is 0.0983. The van der Waals surface area contributed by atoms with E-state index in [1.165, 1.54) is 11.3 Å². The van der Waals surface area contributed by atoms with Gasteiger partial charge >= 0.3 is 0 Å². The van der Waals surface area contributed by atoms with Crippen molar-refractivity contribution in [2.75, 3.05) is 4.90 Å². The fourth-order valence-corrected chi connectivity index (χ4v) is 4.15. The number of amides is 1. The summed E-state index contributed by atoms with van der Waals surface area (Å²) < 4.78 is 6.28. The maximum absolute atomic E-state index is 13.3. The summed E-state index contributed by atoms with van der Waals surface area (Å²) >= 11 is 7.70. The standard InChI is InChI=1S/C21H14ClN3O2S/c1-13-4-9-17(22)19-18(13)24-21(28-19)25(12-16-3-2-10-27-16)20(26)15-7-5-14(11-23)6-8-15/h2-10H,12H2,1H3. The van der Waals surface area contributed by atoms with E-state index in [9.17, 15) is 4.79 Å². The van der Waals surface area contributed by atoms with Gasteiger partial charge in [-0.3, -0.25) is 9.69 Å². The summed E-state index contributed by atoms with van der Waals surface area (Å²) in [4.78, 5) is 19.5. The summed E-state index contributed by atoms with van der Waals surface area (Å²) in [6.07, 6.45) is 1.57. The minimum atomic E-state index is -0.228. The maximum Gasteiger partial charge on any atom is 0.260 e. The third kappa shape index (κ3) is 3.38. The van der Waals surface area contributed by atoms with Crippen LogP contribution in [0.1, 0.15) is 27.2 Å². The molecule has 0 bridgehead atoms. The number of nitriles is 1. The fourth-order valence-electron chi connectivity index (χ4n) is 2.83. The van der Waals surface area contributed by atoms with Gasteiger partial charge in [-0.1, -0.05) is 29.0 Å². The van der Waals surface area contributed by atoms with Gasteiger partial charge in [-0.2, -0.15) is 5.26 Å². The number of benzene rings is 2. The molecule has 4 rings (SSSR count). The number of nitrogens with zero attached hydrogens (tertiary/aromatic N) is 3.